The van der Waals surface area contributed by atoms with Gasteiger partial charge in [-0.2, -0.15) is 0 Å². The van der Waals surface area contributed by atoms with E-state index in [1.165, 1.54) is 11.3 Å². The SMILES string of the molecule is O=C(NNC(=O)C1CCCCN1C(=O)c1cccs1)c1ccccc1Cl. The summed E-state index contributed by atoms with van der Waals surface area (Å²) in [5.74, 6) is -1.07. The normalized spacial score (nSPS) is 16.8. The van der Waals surface area contributed by atoms with Crippen LogP contribution in [0, 0.1) is 0 Å². The maximum absolute atomic E-state index is 12.6. The summed E-state index contributed by atoms with van der Waals surface area (Å²) in [5.41, 5.74) is 5.06. The van der Waals surface area contributed by atoms with Crippen molar-refractivity contribution in [3.8, 4) is 0 Å². The molecule has 1 saturated heterocycles. The van der Waals surface area contributed by atoms with Gasteiger partial charge in [-0.1, -0.05) is 29.8 Å². The first kappa shape index (κ1) is 18.4. The highest BCUT2D eigenvalue weighted by molar-refractivity contribution is 7.12. The van der Waals surface area contributed by atoms with E-state index in [2.05, 4.69) is 10.9 Å². The summed E-state index contributed by atoms with van der Waals surface area (Å²) in [7, 11) is 0. The lowest BCUT2D eigenvalue weighted by Gasteiger charge is -2.34. The maximum atomic E-state index is 12.6. The molecule has 0 bridgehead atoms. The van der Waals surface area contributed by atoms with Crippen LogP contribution in [0.25, 0.3) is 0 Å². The van der Waals surface area contributed by atoms with Gasteiger partial charge in [-0.15, -0.1) is 11.3 Å². The molecular formula is C18H18ClN3O3S. The van der Waals surface area contributed by atoms with Crippen molar-refractivity contribution in [1.82, 2.24) is 15.8 Å². The third kappa shape index (κ3) is 4.05. The topological polar surface area (TPSA) is 78.5 Å². The van der Waals surface area contributed by atoms with E-state index in [9.17, 15) is 14.4 Å². The Kier molecular flexibility index (Phi) is 5.90. The first-order valence-corrected chi connectivity index (χ1v) is 9.53. The first-order valence-electron chi connectivity index (χ1n) is 8.27. The highest BCUT2D eigenvalue weighted by Gasteiger charge is 2.33. The van der Waals surface area contributed by atoms with E-state index in [1.54, 1.807) is 41.3 Å². The quantitative estimate of drug-likeness (QED) is 0.789. The van der Waals surface area contributed by atoms with E-state index in [1.807, 2.05) is 5.38 Å². The molecular weight excluding hydrogens is 374 g/mol. The number of halogens is 1. The van der Waals surface area contributed by atoms with Crippen molar-refractivity contribution in [1.29, 1.82) is 0 Å². The molecule has 1 unspecified atom stereocenters. The number of thiophene rings is 1. The number of nitrogens with zero attached hydrogens (tertiary/aromatic N) is 1. The number of nitrogens with one attached hydrogen (secondary N) is 2. The molecule has 1 atom stereocenters. The van der Waals surface area contributed by atoms with Crippen molar-refractivity contribution in [2.24, 2.45) is 0 Å². The average Bonchev–Trinajstić information content (AvgIpc) is 3.20. The highest BCUT2D eigenvalue weighted by atomic mass is 35.5. The Labute approximate surface area is 160 Å². The molecule has 1 aromatic heterocycles. The Morgan fingerprint density at radius 1 is 1.08 bits per heavy atom. The smallest absolute Gasteiger partial charge is 0.271 e. The first-order chi connectivity index (χ1) is 12.6. The molecule has 2 aromatic rings. The molecule has 26 heavy (non-hydrogen) atoms. The van der Waals surface area contributed by atoms with Gasteiger partial charge in [-0.05, 0) is 42.8 Å². The summed E-state index contributed by atoms with van der Waals surface area (Å²) >= 11 is 7.33. The van der Waals surface area contributed by atoms with Crippen molar-refractivity contribution >= 4 is 40.7 Å². The summed E-state index contributed by atoms with van der Waals surface area (Å²) in [6.07, 6.45) is 2.27. The van der Waals surface area contributed by atoms with Gasteiger partial charge >= 0.3 is 0 Å². The summed E-state index contributed by atoms with van der Waals surface area (Å²) < 4.78 is 0. The molecule has 0 radical (unpaired) electrons. The van der Waals surface area contributed by atoms with Crippen LogP contribution in [-0.4, -0.2) is 35.2 Å². The Balaban J connectivity index is 1.64. The van der Waals surface area contributed by atoms with Crippen LogP contribution in [0.2, 0.25) is 5.02 Å². The molecule has 0 saturated carbocycles. The largest absolute Gasteiger partial charge is 0.326 e. The zero-order valence-corrected chi connectivity index (χ0v) is 15.5. The predicted molar refractivity (Wildman–Crippen MR) is 100 cm³/mol. The van der Waals surface area contributed by atoms with Gasteiger partial charge in [0.25, 0.3) is 17.7 Å². The summed E-state index contributed by atoms with van der Waals surface area (Å²) in [6.45, 7) is 0.521. The third-order valence-electron chi connectivity index (χ3n) is 4.22. The van der Waals surface area contributed by atoms with Gasteiger partial charge in [-0.3, -0.25) is 25.2 Å². The van der Waals surface area contributed by atoms with Gasteiger partial charge in [-0.25, -0.2) is 0 Å². The molecule has 8 heteroatoms. The molecule has 2 N–H and O–H groups in total. The lowest BCUT2D eigenvalue weighted by atomic mass is 10.0. The number of likely N-dealkylation sites (tertiary alicyclic amines) is 1. The Bertz CT molecular complexity index is 810. The van der Waals surface area contributed by atoms with Crippen molar-refractivity contribution in [2.75, 3.05) is 6.54 Å². The standard InChI is InChI=1S/C18H18ClN3O3S/c19-13-7-2-1-6-12(13)16(23)20-21-17(24)14-8-3-4-10-22(14)18(25)15-9-5-11-26-15/h1-2,5-7,9,11,14H,3-4,8,10H2,(H,20,23)(H,21,24). The Morgan fingerprint density at radius 2 is 1.88 bits per heavy atom. The Hall–Kier alpha value is -2.38. The fourth-order valence-electron chi connectivity index (χ4n) is 2.90. The molecule has 1 fully saturated rings. The van der Waals surface area contributed by atoms with E-state index in [4.69, 9.17) is 11.6 Å². The zero-order valence-electron chi connectivity index (χ0n) is 13.9. The second kappa shape index (κ2) is 8.33. The monoisotopic (exact) mass is 391 g/mol. The van der Waals surface area contributed by atoms with Crippen LogP contribution in [0.5, 0.6) is 0 Å². The average molecular weight is 392 g/mol. The molecule has 3 amide bonds. The molecule has 1 aromatic carbocycles. The van der Waals surface area contributed by atoms with E-state index >= 15 is 0 Å². The number of hydrogen-bond donors (Lipinski definition) is 2. The fraction of sp³-hybridized carbons (Fsp3) is 0.278. The van der Waals surface area contributed by atoms with Crippen LogP contribution < -0.4 is 10.9 Å². The van der Waals surface area contributed by atoms with Crippen LogP contribution in [0.15, 0.2) is 41.8 Å². The van der Waals surface area contributed by atoms with E-state index in [-0.39, 0.29) is 11.5 Å². The number of amides is 3. The van der Waals surface area contributed by atoms with E-state index in [0.717, 1.165) is 12.8 Å². The van der Waals surface area contributed by atoms with Crippen LogP contribution >= 0.6 is 22.9 Å². The molecule has 2 heterocycles. The Morgan fingerprint density at radius 3 is 2.62 bits per heavy atom. The second-order valence-electron chi connectivity index (χ2n) is 5.91. The van der Waals surface area contributed by atoms with Crippen molar-refractivity contribution in [2.45, 2.75) is 25.3 Å². The third-order valence-corrected chi connectivity index (χ3v) is 5.40. The van der Waals surface area contributed by atoms with Crippen LogP contribution in [0.1, 0.15) is 39.3 Å². The van der Waals surface area contributed by atoms with Gasteiger partial charge in [0, 0.05) is 6.54 Å². The molecule has 1 aliphatic heterocycles. The fourth-order valence-corrected chi connectivity index (χ4v) is 3.80. The lowest BCUT2D eigenvalue weighted by molar-refractivity contribution is -0.127. The van der Waals surface area contributed by atoms with Crippen molar-refractivity contribution in [3.05, 3.63) is 57.2 Å². The lowest BCUT2D eigenvalue weighted by Crippen LogP contribution is -2.55. The number of hydrogen-bond acceptors (Lipinski definition) is 4. The number of rotatable bonds is 3. The van der Waals surface area contributed by atoms with E-state index in [0.29, 0.717) is 22.9 Å². The van der Waals surface area contributed by atoms with Crippen molar-refractivity contribution < 1.29 is 14.4 Å². The van der Waals surface area contributed by atoms with Gasteiger partial charge in [0.2, 0.25) is 0 Å². The minimum absolute atomic E-state index is 0.155. The maximum Gasteiger partial charge on any atom is 0.271 e. The number of hydrazine groups is 1. The highest BCUT2D eigenvalue weighted by Crippen LogP contribution is 2.22. The van der Waals surface area contributed by atoms with Gasteiger partial charge in [0.15, 0.2) is 0 Å². The van der Waals surface area contributed by atoms with Crippen LogP contribution in [-0.2, 0) is 4.79 Å². The molecule has 1 aliphatic rings. The van der Waals surface area contributed by atoms with Crippen molar-refractivity contribution in [3.63, 3.8) is 0 Å². The zero-order chi connectivity index (χ0) is 18.5. The van der Waals surface area contributed by atoms with Gasteiger partial charge < -0.3 is 4.90 Å². The number of piperidine rings is 1. The van der Waals surface area contributed by atoms with Crippen LogP contribution in [0.3, 0.4) is 0 Å². The number of benzene rings is 1. The minimum atomic E-state index is -0.607. The molecule has 0 spiro atoms. The second-order valence-corrected chi connectivity index (χ2v) is 7.27. The summed E-state index contributed by atoms with van der Waals surface area (Å²) in [6, 6.07) is 9.51. The number of carbonyl (C=O) groups is 3. The van der Waals surface area contributed by atoms with Gasteiger partial charge in [0.05, 0.1) is 15.5 Å². The molecule has 6 nitrogen and oxygen atoms in total. The molecule has 136 valence electrons. The molecule has 0 aliphatic carbocycles. The van der Waals surface area contributed by atoms with Gasteiger partial charge in [0.1, 0.15) is 6.04 Å². The van der Waals surface area contributed by atoms with E-state index < -0.39 is 17.9 Å². The molecule has 3 rings (SSSR count). The number of carbonyl (C=O) groups excluding carboxylic acids is 3. The predicted octanol–water partition coefficient (Wildman–Crippen LogP) is 2.86. The summed E-state index contributed by atoms with van der Waals surface area (Å²) in [4.78, 5) is 39.5. The van der Waals surface area contributed by atoms with Crippen LogP contribution in [0.4, 0.5) is 0 Å². The minimum Gasteiger partial charge on any atom is -0.326 e. The summed E-state index contributed by atoms with van der Waals surface area (Å²) in [5, 5.41) is 2.13.